The SMILES string of the molecule is CCC(C(=O)NC)N(CCc1ccccc1)C(=O)CN(c1ccc(OC)c(Cl)c1)S(C)(=O)=O. The third-order valence-corrected chi connectivity index (χ3v) is 6.66. The lowest BCUT2D eigenvalue weighted by atomic mass is 10.1. The van der Waals surface area contributed by atoms with Gasteiger partial charge in [0.15, 0.2) is 0 Å². The van der Waals surface area contributed by atoms with Crippen molar-refractivity contribution in [1.82, 2.24) is 10.2 Å². The summed E-state index contributed by atoms with van der Waals surface area (Å²) in [5, 5.41) is 2.81. The zero-order valence-corrected chi connectivity index (χ0v) is 20.8. The van der Waals surface area contributed by atoms with E-state index in [2.05, 4.69) is 5.32 Å². The summed E-state index contributed by atoms with van der Waals surface area (Å²) in [7, 11) is -0.864. The molecule has 2 rings (SSSR count). The fourth-order valence-electron chi connectivity index (χ4n) is 3.49. The lowest BCUT2D eigenvalue weighted by molar-refractivity contribution is -0.139. The quantitative estimate of drug-likeness (QED) is 0.517. The van der Waals surface area contributed by atoms with Crippen molar-refractivity contribution >= 4 is 39.1 Å². The number of benzene rings is 2. The fourth-order valence-corrected chi connectivity index (χ4v) is 4.58. The maximum Gasteiger partial charge on any atom is 0.244 e. The Bertz CT molecular complexity index is 1060. The van der Waals surface area contributed by atoms with Crippen LogP contribution < -0.4 is 14.4 Å². The molecule has 1 atom stereocenters. The molecule has 1 N–H and O–H groups in total. The number of hydrogen-bond donors (Lipinski definition) is 1. The molecule has 0 spiro atoms. The summed E-state index contributed by atoms with van der Waals surface area (Å²) in [6.45, 7) is 1.60. The molecule has 10 heteroatoms. The van der Waals surface area contributed by atoms with E-state index in [-0.39, 0.29) is 23.2 Å². The number of ether oxygens (including phenoxy) is 1. The van der Waals surface area contributed by atoms with Crippen molar-refractivity contribution in [3.05, 3.63) is 59.1 Å². The molecule has 2 aromatic carbocycles. The van der Waals surface area contributed by atoms with Crippen LogP contribution in [0.4, 0.5) is 5.69 Å². The van der Waals surface area contributed by atoms with Crippen LogP contribution in [0.1, 0.15) is 18.9 Å². The van der Waals surface area contributed by atoms with Crippen LogP contribution >= 0.6 is 11.6 Å². The number of methoxy groups -OCH3 is 1. The second-order valence-corrected chi connectivity index (χ2v) is 9.76. The number of likely N-dealkylation sites (N-methyl/N-ethyl adjacent to an activating group) is 1. The minimum absolute atomic E-state index is 0.217. The van der Waals surface area contributed by atoms with E-state index in [4.69, 9.17) is 16.3 Å². The molecule has 0 fully saturated rings. The molecular weight excluding hydrogens is 466 g/mol. The van der Waals surface area contributed by atoms with Crippen LogP contribution in [-0.4, -0.2) is 64.7 Å². The van der Waals surface area contributed by atoms with Crippen molar-refractivity contribution in [2.75, 3.05) is 37.8 Å². The zero-order chi connectivity index (χ0) is 24.6. The van der Waals surface area contributed by atoms with E-state index < -0.39 is 28.5 Å². The second kappa shape index (κ2) is 11.9. The van der Waals surface area contributed by atoms with E-state index in [1.165, 1.54) is 37.3 Å². The normalized spacial score (nSPS) is 12.0. The topological polar surface area (TPSA) is 96.0 Å². The molecule has 1 unspecified atom stereocenters. The Morgan fingerprint density at radius 2 is 1.82 bits per heavy atom. The average molecular weight is 496 g/mol. The highest BCUT2D eigenvalue weighted by molar-refractivity contribution is 7.92. The van der Waals surface area contributed by atoms with Gasteiger partial charge in [-0.25, -0.2) is 8.42 Å². The first-order chi connectivity index (χ1) is 15.6. The molecule has 0 radical (unpaired) electrons. The van der Waals surface area contributed by atoms with E-state index in [9.17, 15) is 18.0 Å². The average Bonchev–Trinajstić information content (AvgIpc) is 2.79. The van der Waals surface area contributed by atoms with Gasteiger partial charge in [0.05, 0.1) is 24.1 Å². The standard InChI is InChI=1S/C23H30ClN3O5S/c1-5-20(23(29)25-2)26(14-13-17-9-7-6-8-10-17)22(28)16-27(33(4,30)31)18-11-12-21(32-3)19(24)15-18/h6-12,15,20H,5,13-14,16H2,1-4H3,(H,25,29). The third kappa shape index (κ3) is 7.10. The van der Waals surface area contributed by atoms with Gasteiger partial charge in [-0.1, -0.05) is 48.9 Å². The Morgan fingerprint density at radius 1 is 1.15 bits per heavy atom. The monoisotopic (exact) mass is 495 g/mol. The van der Waals surface area contributed by atoms with Crippen molar-refractivity contribution in [3.63, 3.8) is 0 Å². The fraction of sp³-hybridized carbons (Fsp3) is 0.391. The maximum absolute atomic E-state index is 13.4. The Morgan fingerprint density at radius 3 is 2.33 bits per heavy atom. The van der Waals surface area contributed by atoms with E-state index in [0.717, 1.165) is 16.1 Å². The number of nitrogens with one attached hydrogen (secondary N) is 1. The van der Waals surface area contributed by atoms with E-state index >= 15 is 0 Å². The van der Waals surface area contributed by atoms with Gasteiger partial charge in [-0.2, -0.15) is 0 Å². The molecule has 8 nitrogen and oxygen atoms in total. The van der Waals surface area contributed by atoms with Crippen molar-refractivity contribution in [1.29, 1.82) is 0 Å². The van der Waals surface area contributed by atoms with Crippen LogP contribution in [0.3, 0.4) is 0 Å². The molecule has 0 aliphatic carbocycles. The van der Waals surface area contributed by atoms with E-state index in [1.54, 1.807) is 6.92 Å². The number of halogens is 1. The van der Waals surface area contributed by atoms with Gasteiger partial charge in [-0.3, -0.25) is 13.9 Å². The Labute approximate surface area is 200 Å². The number of carbonyl (C=O) groups is 2. The summed E-state index contributed by atoms with van der Waals surface area (Å²) in [5.74, 6) is -0.411. The summed E-state index contributed by atoms with van der Waals surface area (Å²) in [6, 6.07) is 13.3. The molecule has 0 saturated carbocycles. The molecule has 2 amide bonds. The molecule has 33 heavy (non-hydrogen) atoms. The first-order valence-electron chi connectivity index (χ1n) is 10.5. The number of carbonyl (C=O) groups excluding carboxylic acids is 2. The zero-order valence-electron chi connectivity index (χ0n) is 19.2. The Balaban J connectivity index is 2.36. The van der Waals surface area contributed by atoms with Crippen molar-refractivity contribution < 1.29 is 22.7 Å². The lowest BCUT2D eigenvalue weighted by Gasteiger charge is -2.32. The van der Waals surface area contributed by atoms with Crippen LogP contribution in [0.5, 0.6) is 5.75 Å². The van der Waals surface area contributed by atoms with Gasteiger partial charge >= 0.3 is 0 Å². The second-order valence-electron chi connectivity index (χ2n) is 7.45. The molecule has 0 saturated heterocycles. The Kier molecular flexibility index (Phi) is 9.55. The molecule has 0 aromatic heterocycles. The third-order valence-electron chi connectivity index (χ3n) is 5.22. The number of hydrogen-bond acceptors (Lipinski definition) is 5. The van der Waals surface area contributed by atoms with E-state index in [1.807, 2.05) is 30.3 Å². The predicted octanol–water partition coefficient (Wildman–Crippen LogP) is 2.71. The van der Waals surface area contributed by atoms with Gasteiger partial charge in [-0.15, -0.1) is 0 Å². The van der Waals surface area contributed by atoms with E-state index in [0.29, 0.717) is 18.6 Å². The molecule has 180 valence electrons. The smallest absolute Gasteiger partial charge is 0.244 e. The first-order valence-corrected chi connectivity index (χ1v) is 12.7. The predicted molar refractivity (Wildman–Crippen MR) is 130 cm³/mol. The van der Waals surface area contributed by atoms with Gasteiger partial charge in [0.1, 0.15) is 18.3 Å². The Hall–Kier alpha value is -2.78. The summed E-state index contributed by atoms with van der Waals surface area (Å²) in [6.07, 6.45) is 1.92. The highest BCUT2D eigenvalue weighted by Gasteiger charge is 2.31. The van der Waals surface area contributed by atoms with Crippen molar-refractivity contribution in [2.45, 2.75) is 25.8 Å². The van der Waals surface area contributed by atoms with Crippen LogP contribution in [0.2, 0.25) is 5.02 Å². The minimum Gasteiger partial charge on any atom is -0.495 e. The molecule has 0 aliphatic heterocycles. The highest BCUT2D eigenvalue weighted by Crippen LogP contribution is 2.30. The van der Waals surface area contributed by atoms with Crippen LogP contribution in [0, 0.1) is 0 Å². The summed E-state index contributed by atoms with van der Waals surface area (Å²) < 4.78 is 31.2. The summed E-state index contributed by atoms with van der Waals surface area (Å²) in [4.78, 5) is 27.3. The number of nitrogens with zero attached hydrogens (tertiary/aromatic N) is 2. The molecule has 0 aliphatic rings. The summed E-state index contributed by atoms with van der Waals surface area (Å²) >= 11 is 6.18. The van der Waals surface area contributed by atoms with Gasteiger partial charge in [-0.05, 0) is 36.6 Å². The largest absolute Gasteiger partial charge is 0.495 e. The van der Waals surface area contributed by atoms with Crippen LogP contribution in [0.25, 0.3) is 0 Å². The number of sulfonamides is 1. The lowest BCUT2D eigenvalue weighted by Crippen LogP contribution is -2.52. The number of rotatable bonds is 11. The molecule has 0 bridgehead atoms. The van der Waals surface area contributed by atoms with Crippen LogP contribution in [-0.2, 0) is 26.0 Å². The van der Waals surface area contributed by atoms with Gasteiger partial charge in [0.25, 0.3) is 0 Å². The molecular formula is C23H30ClN3O5S. The van der Waals surface area contributed by atoms with Crippen molar-refractivity contribution in [3.8, 4) is 5.75 Å². The van der Waals surface area contributed by atoms with Crippen LogP contribution in [0.15, 0.2) is 48.5 Å². The molecule has 2 aromatic rings. The maximum atomic E-state index is 13.4. The van der Waals surface area contributed by atoms with Crippen molar-refractivity contribution in [2.24, 2.45) is 0 Å². The summed E-state index contributed by atoms with van der Waals surface area (Å²) in [5.41, 5.74) is 1.23. The molecule has 0 heterocycles. The van der Waals surface area contributed by atoms with Gasteiger partial charge in [0, 0.05) is 13.6 Å². The minimum atomic E-state index is -3.82. The van der Waals surface area contributed by atoms with Gasteiger partial charge < -0.3 is 15.0 Å². The number of amides is 2. The van der Waals surface area contributed by atoms with Gasteiger partial charge in [0.2, 0.25) is 21.8 Å². The number of anilines is 1. The highest BCUT2D eigenvalue weighted by atomic mass is 35.5. The first kappa shape index (κ1) is 26.5.